The summed E-state index contributed by atoms with van der Waals surface area (Å²) in [6, 6.07) is 12.4. The van der Waals surface area contributed by atoms with Gasteiger partial charge in [-0.25, -0.2) is 0 Å². The normalized spacial score (nSPS) is 23.2. The molecule has 1 N–H and O–H groups in total. The van der Waals surface area contributed by atoms with Gasteiger partial charge in [-0.05, 0) is 55.8 Å². The number of nitrogens with one attached hydrogen (secondary N) is 1. The molecule has 1 saturated heterocycles. The molecule has 138 valence electrons. The number of hydrogen-bond acceptors (Lipinski definition) is 3. The molecule has 3 aliphatic rings. The molecule has 3 heterocycles. The molecule has 1 spiro atoms. The minimum absolute atomic E-state index is 0. The minimum atomic E-state index is 0. The van der Waals surface area contributed by atoms with Crippen LogP contribution in [0.2, 0.25) is 0 Å². The second kappa shape index (κ2) is 6.75. The topological polar surface area (TPSA) is 45.5 Å². The zero-order valence-corrected chi connectivity index (χ0v) is 15.7. The largest absolute Gasteiger partial charge is 0.459 e. The molecule has 4 nitrogen and oxygen atoms in total. The third-order valence-electron chi connectivity index (χ3n) is 6.34. The van der Waals surface area contributed by atoms with Gasteiger partial charge in [0.25, 0.3) is 0 Å². The monoisotopic (exact) mass is 372 g/mol. The number of hydrogen-bond donors (Lipinski definition) is 1. The standard InChI is InChI=1S/C21H24N2O2.ClH/c24-20(17-13-21(17)7-9-22-10-8-21)23-11-6-16-12-18(25-19(16)14-23)15-4-2-1-3-5-15;/h1-5,12,17,22H,6-11,13-14H2;1H. The van der Waals surface area contributed by atoms with Gasteiger partial charge in [-0.2, -0.15) is 0 Å². The van der Waals surface area contributed by atoms with Crippen LogP contribution < -0.4 is 5.32 Å². The predicted molar refractivity (Wildman–Crippen MR) is 103 cm³/mol. The summed E-state index contributed by atoms with van der Waals surface area (Å²) in [4.78, 5) is 15.0. The zero-order chi connectivity index (χ0) is 16.9. The summed E-state index contributed by atoms with van der Waals surface area (Å²) in [5.74, 6) is 2.49. The first-order valence-corrected chi connectivity index (χ1v) is 9.42. The third-order valence-corrected chi connectivity index (χ3v) is 6.34. The molecule has 1 aliphatic carbocycles. The van der Waals surface area contributed by atoms with Crippen molar-refractivity contribution in [3.05, 3.63) is 47.7 Å². The number of fused-ring (bicyclic) bond motifs is 1. The molecule has 1 aromatic carbocycles. The van der Waals surface area contributed by atoms with Crippen LogP contribution in [0.15, 0.2) is 40.8 Å². The van der Waals surface area contributed by atoms with Crippen LogP contribution >= 0.6 is 12.4 Å². The maximum atomic E-state index is 13.0. The average molecular weight is 373 g/mol. The molecule has 0 radical (unpaired) electrons. The van der Waals surface area contributed by atoms with E-state index < -0.39 is 0 Å². The van der Waals surface area contributed by atoms with E-state index in [-0.39, 0.29) is 18.3 Å². The highest BCUT2D eigenvalue weighted by Gasteiger charge is 2.58. The SMILES string of the molecule is Cl.O=C(C1CC12CCNCC2)N1CCc2cc(-c3ccccc3)oc2C1. The van der Waals surface area contributed by atoms with Crippen molar-refractivity contribution in [2.75, 3.05) is 19.6 Å². The van der Waals surface area contributed by atoms with Crippen molar-refractivity contribution in [2.24, 2.45) is 11.3 Å². The second-order valence-corrected chi connectivity index (χ2v) is 7.80. The van der Waals surface area contributed by atoms with Crippen molar-refractivity contribution in [1.29, 1.82) is 0 Å². The number of carbonyl (C=O) groups excluding carboxylic acids is 1. The Bertz CT molecular complexity index is 796. The van der Waals surface area contributed by atoms with Crippen molar-refractivity contribution in [2.45, 2.75) is 32.2 Å². The highest BCUT2D eigenvalue weighted by atomic mass is 35.5. The number of carbonyl (C=O) groups is 1. The van der Waals surface area contributed by atoms with Gasteiger partial charge >= 0.3 is 0 Å². The Morgan fingerprint density at radius 2 is 1.96 bits per heavy atom. The van der Waals surface area contributed by atoms with Crippen molar-refractivity contribution >= 4 is 18.3 Å². The van der Waals surface area contributed by atoms with Crippen LogP contribution in [0.4, 0.5) is 0 Å². The van der Waals surface area contributed by atoms with Gasteiger partial charge in [0.2, 0.25) is 5.91 Å². The van der Waals surface area contributed by atoms with Crippen LogP contribution in [-0.2, 0) is 17.8 Å². The molecule has 1 aromatic heterocycles. The quantitative estimate of drug-likeness (QED) is 0.875. The van der Waals surface area contributed by atoms with E-state index in [0.717, 1.165) is 62.4 Å². The fourth-order valence-electron chi connectivity index (χ4n) is 4.65. The first kappa shape index (κ1) is 17.6. The van der Waals surface area contributed by atoms with Crippen LogP contribution in [0.3, 0.4) is 0 Å². The Hall–Kier alpha value is -1.78. The number of benzene rings is 1. The van der Waals surface area contributed by atoms with Crippen LogP contribution in [0, 0.1) is 11.3 Å². The molecule has 2 aliphatic heterocycles. The summed E-state index contributed by atoms with van der Waals surface area (Å²) in [6.07, 6.45) is 4.30. The maximum Gasteiger partial charge on any atom is 0.226 e. The second-order valence-electron chi connectivity index (χ2n) is 7.80. The molecule has 2 fully saturated rings. The third kappa shape index (κ3) is 2.95. The lowest BCUT2D eigenvalue weighted by molar-refractivity contribution is -0.134. The smallest absolute Gasteiger partial charge is 0.226 e. The van der Waals surface area contributed by atoms with Gasteiger partial charge in [-0.15, -0.1) is 12.4 Å². The Morgan fingerprint density at radius 3 is 2.73 bits per heavy atom. The number of amides is 1. The fraction of sp³-hybridized carbons (Fsp3) is 0.476. The molecule has 26 heavy (non-hydrogen) atoms. The molecule has 2 aromatic rings. The Labute approximate surface area is 160 Å². The van der Waals surface area contributed by atoms with E-state index in [1.807, 2.05) is 23.1 Å². The lowest BCUT2D eigenvalue weighted by Crippen LogP contribution is -2.39. The van der Waals surface area contributed by atoms with Crippen LogP contribution in [0.25, 0.3) is 11.3 Å². The van der Waals surface area contributed by atoms with E-state index >= 15 is 0 Å². The van der Waals surface area contributed by atoms with Crippen molar-refractivity contribution in [1.82, 2.24) is 10.2 Å². The predicted octanol–water partition coefficient (Wildman–Crippen LogP) is 3.64. The van der Waals surface area contributed by atoms with Crippen LogP contribution in [-0.4, -0.2) is 30.4 Å². The average Bonchev–Trinajstić information content (AvgIpc) is 3.17. The van der Waals surface area contributed by atoms with Gasteiger partial charge < -0.3 is 14.6 Å². The Balaban J connectivity index is 0.00000168. The first-order chi connectivity index (χ1) is 12.3. The molecular weight excluding hydrogens is 348 g/mol. The van der Waals surface area contributed by atoms with Crippen molar-refractivity contribution < 1.29 is 9.21 Å². The molecule has 1 amide bonds. The summed E-state index contributed by atoms with van der Waals surface area (Å²) in [5.41, 5.74) is 2.67. The van der Waals surface area contributed by atoms with E-state index in [1.165, 1.54) is 5.56 Å². The first-order valence-electron chi connectivity index (χ1n) is 9.42. The van der Waals surface area contributed by atoms with E-state index in [0.29, 0.717) is 17.9 Å². The maximum absolute atomic E-state index is 13.0. The van der Waals surface area contributed by atoms with Gasteiger partial charge in [-0.3, -0.25) is 4.79 Å². The van der Waals surface area contributed by atoms with E-state index in [4.69, 9.17) is 4.42 Å². The molecule has 1 saturated carbocycles. The summed E-state index contributed by atoms with van der Waals surface area (Å²) in [6.45, 7) is 3.58. The van der Waals surface area contributed by atoms with E-state index in [2.05, 4.69) is 23.5 Å². The summed E-state index contributed by atoms with van der Waals surface area (Å²) in [7, 11) is 0. The summed E-state index contributed by atoms with van der Waals surface area (Å²) < 4.78 is 6.11. The fourth-order valence-corrected chi connectivity index (χ4v) is 4.65. The molecule has 0 bridgehead atoms. The van der Waals surface area contributed by atoms with E-state index in [9.17, 15) is 4.79 Å². The van der Waals surface area contributed by atoms with Gasteiger partial charge in [-0.1, -0.05) is 30.3 Å². The van der Waals surface area contributed by atoms with Gasteiger partial charge in [0.05, 0.1) is 6.54 Å². The molecule has 1 atom stereocenters. The van der Waals surface area contributed by atoms with E-state index in [1.54, 1.807) is 0 Å². The minimum Gasteiger partial charge on any atom is -0.459 e. The zero-order valence-electron chi connectivity index (χ0n) is 14.9. The van der Waals surface area contributed by atoms with Crippen molar-refractivity contribution in [3.8, 4) is 11.3 Å². The lowest BCUT2D eigenvalue weighted by Gasteiger charge is -2.29. The molecular formula is C21H25ClN2O2. The number of furan rings is 1. The van der Waals surface area contributed by atoms with Crippen LogP contribution in [0.5, 0.6) is 0 Å². The van der Waals surface area contributed by atoms with Gasteiger partial charge in [0.15, 0.2) is 0 Å². The summed E-state index contributed by atoms with van der Waals surface area (Å²) in [5, 5.41) is 3.41. The highest BCUT2D eigenvalue weighted by Crippen LogP contribution is 2.59. The Kier molecular flexibility index (Phi) is 4.57. The molecule has 5 heteroatoms. The number of rotatable bonds is 2. The van der Waals surface area contributed by atoms with Crippen LogP contribution in [0.1, 0.15) is 30.6 Å². The number of nitrogens with zero attached hydrogens (tertiary/aromatic N) is 1. The number of halogens is 1. The highest BCUT2D eigenvalue weighted by molar-refractivity contribution is 5.85. The van der Waals surface area contributed by atoms with Gasteiger partial charge in [0, 0.05) is 18.0 Å². The Morgan fingerprint density at radius 1 is 1.19 bits per heavy atom. The summed E-state index contributed by atoms with van der Waals surface area (Å²) >= 11 is 0. The lowest BCUT2D eigenvalue weighted by atomic mass is 9.91. The number of piperidine rings is 1. The molecule has 5 rings (SSSR count). The van der Waals surface area contributed by atoms with Crippen molar-refractivity contribution in [3.63, 3.8) is 0 Å². The molecule has 1 unspecified atom stereocenters. The van der Waals surface area contributed by atoms with Gasteiger partial charge in [0.1, 0.15) is 11.5 Å².